The first-order chi connectivity index (χ1) is 9.02. The van der Waals surface area contributed by atoms with Gasteiger partial charge in [-0.05, 0) is 54.2 Å². The fourth-order valence-electron chi connectivity index (χ4n) is 2.35. The predicted octanol–water partition coefficient (Wildman–Crippen LogP) is 4.23. The summed E-state index contributed by atoms with van der Waals surface area (Å²) in [7, 11) is 0. The molecule has 0 fully saturated rings. The molecule has 0 aromatic heterocycles. The minimum absolute atomic E-state index is 0.377. The third kappa shape index (κ3) is 2.68. The Hall–Kier alpha value is -2.09. The molecule has 0 heterocycles. The molecular formula is C17H18O2. The molecule has 0 aliphatic rings. The first kappa shape index (κ1) is 13.3. The summed E-state index contributed by atoms with van der Waals surface area (Å²) < 4.78 is 0. The molecule has 0 aliphatic heterocycles. The molecule has 0 amide bonds. The standard InChI is InChI=1S/C17H18O2/c1-4-13-6-5-7-14(9-13)15-10-16(17(18)19)12(3)8-11(15)2/h5-10H,4H2,1-3H3,(H,18,19). The van der Waals surface area contributed by atoms with E-state index in [1.807, 2.05) is 32.0 Å². The zero-order chi connectivity index (χ0) is 14.0. The Labute approximate surface area is 113 Å². The van der Waals surface area contributed by atoms with Crippen molar-refractivity contribution in [2.45, 2.75) is 27.2 Å². The van der Waals surface area contributed by atoms with Crippen LogP contribution in [0.25, 0.3) is 11.1 Å². The second kappa shape index (κ2) is 5.27. The molecule has 0 bridgehead atoms. The van der Waals surface area contributed by atoms with Crippen LogP contribution in [0, 0.1) is 13.8 Å². The van der Waals surface area contributed by atoms with E-state index in [9.17, 15) is 9.90 Å². The van der Waals surface area contributed by atoms with Gasteiger partial charge in [0.1, 0.15) is 0 Å². The Morgan fingerprint density at radius 3 is 2.47 bits per heavy atom. The van der Waals surface area contributed by atoms with Crippen molar-refractivity contribution in [3.05, 3.63) is 58.7 Å². The molecule has 0 aliphatic carbocycles. The number of benzene rings is 2. The molecule has 0 unspecified atom stereocenters. The molecule has 0 atom stereocenters. The quantitative estimate of drug-likeness (QED) is 0.889. The van der Waals surface area contributed by atoms with Crippen LogP contribution in [0.15, 0.2) is 36.4 Å². The van der Waals surface area contributed by atoms with Crippen LogP contribution in [0.3, 0.4) is 0 Å². The van der Waals surface area contributed by atoms with Gasteiger partial charge < -0.3 is 5.11 Å². The van der Waals surface area contributed by atoms with E-state index in [0.29, 0.717) is 5.56 Å². The number of carboxylic acids is 1. The van der Waals surface area contributed by atoms with Crippen LogP contribution in [-0.4, -0.2) is 11.1 Å². The zero-order valence-electron chi connectivity index (χ0n) is 11.5. The van der Waals surface area contributed by atoms with Crippen molar-refractivity contribution in [1.82, 2.24) is 0 Å². The zero-order valence-corrected chi connectivity index (χ0v) is 11.5. The van der Waals surface area contributed by atoms with E-state index in [-0.39, 0.29) is 0 Å². The average Bonchev–Trinajstić information content (AvgIpc) is 2.38. The summed E-state index contributed by atoms with van der Waals surface area (Å²) in [5.41, 5.74) is 5.63. The van der Waals surface area contributed by atoms with Gasteiger partial charge in [0, 0.05) is 0 Å². The lowest BCUT2D eigenvalue weighted by Gasteiger charge is -2.11. The number of aromatic carboxylic acids is 1. The largest absolute Gasteiger partial charge is 0.478 e. The summed E-state index contributed by atoms with van der Waals surface area (Å²) >= 11 is 0. The molecule has 0 radical (unpaired) electrons. The first-order valence-corrected chi connectivity index (χ1v) is 6.46. The fourth-order valence-corrected chi connectivity index (χ4v) is 2.35. The van der Waals surface area contributed by atoms with Crippen LogP contribution < -0.4 is 0 Å². The number of carboxylic acid groups (broad SMARTS) is 1. The van der Waals surface area contributed by atoms with Crippen LogP contribution >= 0.6 is 0 Å². The van der Waals surface area contributed by atoms with Crippen molar-refractivity contribution in [1.29, 1.82) is 0 Å². The van der Waals surface area contributed by atoms with E-state index in [4.69, 9.17) is 0 Å². The number of hydrogen-bond acceptors (Lipinski definition) is 1. The van der Waals surface area contributed by atoms with E-state index in [2.05, 4.69) is 19.1 Å². The fraction of sp³-hybridized carbons (Fsp3) is 0.235. The summed E-state index contributed by atoms with van der Waals surface area (Å²) in [4.78, 5) is 11.2. The lowest BCUT2D eigenvalue weighted by molar-refractivity contribution is 0.0696. The molecule has 0 saturated heterocycles. The van der Waals surface area contributed by atoms with Crippen molar-refractivity contribution in [3.8, 4) is 11.1 Å². The second-order valence-electron chi connectivity index (χ2n) is 4.84. The van der Waals surface area contributed by atoms with E-state index in [1.54, 1.807) is 6.07 Å². The van der Waals surface area contributed by atoms with Gasteiger partial charge in [0.2, 0.25) is 0 Å². The van der Waals surface area contributed by atoms with Crippen LogP contribution in [0.1, 0.15) is 34.0 Å². The highest BCUT2D eigenvalue weighted by Crippen LogP contribution is 2.27. The highest BCUT2D eigenvalue weighted by Gasteiger charge is 2.11. The van der Waals surface area contributed by atoms with Gasteiger partial charge in [0.25, 0.3) is 0 Å². The smallest absolute Gasteiger partial charge is 0.335 e. The molecular weight excluding hydrogens is 236 g/mol. The van der Waals surface area contributed by atoms with E-state index < -0.39 is 5.97 Å². The SMILES string of the molecule is CCc1cccc(-c2cc(C(=O)O)c(C)cc2C)c1. The van der Waals surface area contributed by atoms with Crippen LogP contribution in [0.4, 0.5) is 0 Å². The molecule has 2 aromatic rings. The normalized spacial score (nSPS) is 10.5. The van der Waals surface area contributed by atoms with Gasteiger partial charge in [-0.15, -0.1) is 0 Å². The summed E-state index contributed by atoms with van der Waals surface area (Å²) in [6.45, 7) is 5.97. The Kier molecular flexibility index (Phi) is 3.70. The van der Waals surface area contributed by atoms with E-state index in [1.165, 1.54) is 5.56 Å². The number of aryl methyl sites for hydroxylation is 3. The van der Waals surface area contributed by atoms with E-state index >= 15 is 0 Å². The lowest BCUT2D eigenvalue weighted by atomic mass is 9.94. The van der Waals surface area contributed by atoms with E-state index in [0.717, 1.165) is 28.7 Å². The Bertz CT molecular complexity index is 627. The van der Waals surface area contributed by atoms with Gasteiger partial charge in [-0.2, -0.15) is 0 Å². The summed E-state index contributed by atoms with van der Waals surface area (Å²) in [6.07, 6.45) is 0.977. The topological polar surface area (TPSA) is 37.3 Å². The number of carbonyl (C=O) groups is 1. The van der Waals surface area contributed by atoms with Gasteiger partial charge in [-0.3, -0.25) is 0 Å². The molecule has 0 saturated carbocycles. The number of rotatable bonds is 3. The van der Waals surface area contributed by atoms with Gasteiger partial charge >= 0.3 is 5.97 Å². The van der Waals surface area contributed by atoms with Gasteiger partial charge in [0.05, 0.1) is 5.56 Å². The summed E-state index contributed by atoms with van der Waals surface area (Å²) in [5.74, 6) is -0.870. The maximum Gasteiger partial charge on any atom is 0.335 e. The highest BCUT2D eigenvalue weighted by molar-refractivity contribution is 5.91. The molecule has 2 nitrogen and oxygen atoms in total. The highest BCUT2D eigenvalue weighted by atomic mass is 16.4. The van der Waals surface area contributed by atoms with Gasteiger partial charge in [0.15, 0.2) is 0 Å². The molecule has 1 N–H and O–H groups in total. The van der Waals surface area contributed by atoms with Crippen molar-refractivity contribution < 1.29 is 9.90 Å². The van der Waals surface area contributed by atoms with Crippen molar-refractivity contribution >= 4 is 5.97 Å². The third-order valence-corrected chi connectivity index (χ3v) is 3.45. The van der Waals surface area contributed by atoms with Gasteiger partial charge in [-0.25, -0.2) is 4.79 Å². The maximum absolute atomic E-state index is 11.2. The predicted molar refractivity (Wildman–Crippen MR) is 77.7 cm³/mol. The van der Waals surface area contributed by atoms with Crippen molar-refractivity contribution in [2.24, 2.45) is 0 Å². The lowest BCUT2D eigenvalue weighted by Crippen LogP contribution is -2.01. The van der Waals surface area contributed by atoms with Crippen LogP contribution in [0.5, 0.6) is 0 Å². The Morgan fingerprint density at radius 1 is 1.11 bits per heavy atom. The van der Waals surface area contributed by atoms with Crippen LogP contribution in [0.2, 0.25) is 0 Å². The molecule has 98 valence electrons. The monoisotopic (exact) mass is 254 g/mol. The summed E-state index contributed by atoms with van der Waals surface area (Å²) in [6, 6.07) is 12.0. The minimum atomic E-state index is -0.870. The van der Waals surface area contributed by atoms with Crippen LogP contribution in [-0.2, 0) is 6.42 Å². The van der Waals surface area contributed by atoms with Crippen molar-refractivity contribution in [3.63, 3.8) is 0 Å². The molecule has 0 spiro atoms. The first-order valence-electron chi connectivity index (χ1n) is 6.46. The second-order valence-corrected chi connectivity index (χ2v) is 4.84. The number of hydrogen-bond donors (Lipinski definition) is 1. The minimum Gasteiger partial charge on any atom is -0.478 e. The molecule has 2 heteroatoms. The molecule has 2 aromatic carbocycles. The molecule has 19 heavy (non-hydrogen) atoms. The average molecular weight is 254 g/mol. The van der Waals surface area contributed by atoms with Crippen molar-refractivity contribution in [2.75, 3.05) is 0 Å². The Morgan fingerprint density at radius 2 is 1.84 bits per heavy atom. The molecule has 2 rings (SSSR count). The Balaban J connectivity index is 2.61. The van der Waals surface area contributed by atoms with Gasteiger partial charge in [-0.1, -0.05) is 37.3 Å². The summed E-state index contributed by atoms with van der Waals surface area (Å²) in [5, 5.41) is 9.23. The third-order valence-electron chi connectivity index (χ3n) is 3.45. The maximum atomic E-state index is 11.2.